The molecule has 0 fully saturated rings. The number of pyridine rings is 1. The van der Waals surface area contributed by atoms with Crippen molar-refractivity contribution in [2.24, 2.45) is 0 Å². The summed E-state index contributed by atoms with van der Waals surface area (Å²) in [6, 6.07) is 5.38. The highest BCUT2D eigenvalue weighted by atomic mass is 35.5. The fourth-order valence-electron chi connectivity index (χ4n) is 1.09. The predicted molar refractivity (Wildman–Crippen MR) is 50.4 cm³/mol. The van der Waals surface area contributed by atoms with Gasteiger partial charge in [-0.05, 0) is 12.1 Å². The third-order valence-electron chi connectivity index (χ3n) is 1.71. The van der Waals surface area contributed by atoms with Crippen LogP contribution in [0.1, 0.15) is 5.56 Å². The molecule has 0 saturated carbocycles. The minimum absolute atomic E-state index is 0.264. The summed E-state index contributed by atoms with van der Waals surface area (Å²) in [4.78, 5) is 4.05. The van der Waals surface area contributed by atoms with Crippen molar-refractivity contribution in [3.63, 3.8) is 0 Å². The average molecular weight is 204 g/mol. The largest absolute Gasteiger partial charge is 0.274 e. The first-order valence-corrected chi connectivity index (χ1v) is 4.17. The van der Waals surface area contributed by atoms with Crippen molar-refractivity contribution >= 4 is 11.6 Å². The normalized spacial score (nSPS) is 9.71. The second kappa shape index (κ2) is 3.48. The number of rotatable bonds is 1. The summed E-state index contributed by atoms with van der Waals surface area (Å²) >= 11 is 5.78. The lowest BCUT2D eigenvalue weighted by atomic mass is 10.1. The van der Waals surface area contributed by atoms with Crippen LogP contribution in [0, 0.1) is 17.5 Å². The topological polar surface area (TPSA) is 65.4 Å². The van der Waals surface area contributed by atoms with Crippen LogP contribution >= 0.6 is 11.6 Å². The Morgan fingerprint density at radius 2 is 2.43 bits per heavy atom. The van der Waals surface area contributed by atoms with E-state index in [0.29, 0.717) is 16.8 Å². The fourth-order valence-corrected chi connectivity index (χ4v) is 1.27. The van der Waals surface area contributed by atoms with Crippen LogP contribution in [0.4, 0.5) is 0 Å². The molecule has 2 rings (SSSR count). The van der Waals surface area contributed by atoms with Gasteiger partial charge in [0.2, 0.25) is 0 Å². The molecule has 0 aliphatic carbocycles. The summed E-state index contributed by atoms with van der Waals surface area (Å²) < 4.78 is 0. The van der Waals surface area contributed by atoms with Crippen molar-refractivity contribution in [1.29, 1.82) is 5.26 Å². The van der Waals surface area contributed by atoms with E-state index in [2.05, 4.69) is 21.4 Å². The van der Waals surface area contributed by atoms with E-state index in [-0.39, 0.29) is 5.15 Å². The predicted octanol–water partition coefficient (Wildman–Crippen LogP) is 1.80. The SMILES string of the molecule is N#Cc1cccnc1-c1[c][nH]nc1Cl. The molecule has 14 heavy (non-hydrogen) atoms. The van der Waals surface area contributed by atoms with Crippen LogP contribution in [0.15, 0.2) is 18.3 Å². The Bertz CT molecular complexity index is 498. The summed E-state index contributed by atoms with van der Waals surface area (Å²) in [6.07, 6.45) is 4.31. The van der Waals surface area contributed by atoms with Crippen LogP contribution in [0.5, 0.6) is 0 Å². The first-order valence-electron chi connectivity index (χ1n) is 3.80. The van der Waals surface area contributed by atoms with Crippen molar-refractivity contribution in [2.45, 2.75) is 0 Å². The van der Waals surface area contributed by atoms with E-state index >= 15 is 0 Å². The van der Waals surface area contributed by atoms with Crippen molar-refractivity contribution in [3.05, 3.63) is 35.2 Å². The molecule has 0 atom stereocenters. The molecule has 2 aromatic rings. The van der Waals surface area contributed by atoms with Gasteiger partial charge in [0.25, 0.3) is 0 Å². The molecular formula is C9H4ClN4. The third kappa shape index (κ3) is 1.34. The van der Waals surface area contributed by atoms with E-state index in [0.717, 1.165) is 0 Å². The summed E-state index contributed by atoms with van der Waals surface area (Å²) in [5.74, 6) is 0. The molecule has 0 aliphatic heterocycles. The van der Waals surface area contributed by atoms with E-state index in [1.807, 2.05) is 6.07 Å². The Morgan fingerprint density at radius 3 is 3.07 bits per heavy atom. The van der Waals surface area contributed by atoms with Gasteiger partial charge in [0.1, 0.15) is 6.07 Å². The van der Waals surface area contributed by atoms with Gasteiger partial charge >= 0.3 is 0 Å². The number of halogens is 1. The number of nitriles is 1. The van der Waals surface area contributed by atoms with Crippen LogP contribution in [0.3, 0.4) is 0 Å². The van der Waals surface area contributed by atoms with E-state index in [1.165, 1.54) is 0 Å². The Hall–Kier alpha value is -1.86. The molecule has 4 nitrogen and oxygen atoms in total. The molecule has 1 radical (unpaired) electrons. The maximum Gasteiger partial charge on any atom is 0.160 e. The molecule has 0 saturated heterocycles. The molecular weight excluding hydrogens is 200 g/mol. The van der Waals surface area contributed by atoms with Crippen molar-refractivity contribution in [2.75, 3.05) is 0 Å². The second-order valence-corrected chi connectivity index (χ2v) is 2.88. The molecule has 2 aromatic heterocycles. The molecule has 0 spiro atoms. The quantitative estimate of drug-likeness (QED) is 0.769. The first kappa shape index (κ1) is 8.73. The maximum atomic E-state index is 8.83. The molecule has 1 N–H and O–H groups in total. The molecule has 67 valence electrons. The molecule has 0 aromatic carbocycles. The van der Waals surface area contributed by atoms with E-state index in [9.17, 15) is 0 Å². The molecule has 0 amide bonds. The van der Waals surface area contributed by atoms with E-state index in [1.54, 1.807) is 18.3 Å². The van der Waals surface area contributed by atoms with Gasteiger partial charge in [-0.15, -0.1) is 0 Å². The number of H-pyrrole nitrogens is 1. The van der Waals surface area contributed by atoms with Gasteiger partial charge in [-0.25, -0.2) is 0 Å². The maximum absolute atomic E-state index is 8.83. The number of aromatic nitrogens is 3. The third-order valence-corrected chi connectivity index (χ3v) is 1.98. The van der Waals surface area contributed by atoms with Gasteiger partial charge in [0.15, 0.2) is 5.15 Å². The molecule has 0 unspecified atom stereocenters. The number of hydrogen-bond donors (Lipinski definition) is 1. The Kier molecular flexibility index (Phi) is 2.17. The molecule has 0 bridgehead atoms. The van der Waals surface area contributed by atoms with Gasteiger partial charge in [0, 0.05) is 6.20 Å². The summed E-state index contributed by atoms with van der Waals surface area (Å²) in [7, 11) is 0. The zero-order chi connectivity index (χ0) is 9.97. The number of nitrogens with zero attached hydrogens (tertiary/aromatic N) is 3. The first-order chi connectivity index (χ1) is 6.83. The Morgan fingerprint density at radius 1 is 1.57 bits per heavy atom. The highest BCUT2D eigenvalue weighted by Crippen LogP contribution is 2.25. The molecule has 2 heterocycles. The van der Waals surface area contributed by atoms with E-state index < -0.39 is 0 Å². The summed E-state index contributed by atoms with van der Waals surface area (Å²) in [5.41, 5.74) is 1.46. The standard InChI is InChI=1S/C9H4ClN4/c10-9-7(5-13-14-9)8-6(4-11)2-1-3-12-8/h1-3H,(H,13,14). The van der Waals surface area contributed by atoms with Gasteiger partial charge < -0.3 is 0 Å². The number of hydrogen-bond acceptors (Lipinski definition) is 3. The van der Waals surface area contributed by atoms with Gasteiger partial charge in [0.05, 0.1) is 23.0 Å². The second-order valence-electron chi connectivity index (χ2n) is 2.53. The lowest BCUT2D eigenvalue weighted by Crippen LogP contribution is -1.87. The van der Waals surface area contributed by atoms with Crippen LogP contribution < -0.4 is 0 Å². The molecule has 0 aliphatic rings. The fraction of sp³-hybridized carbons (Fsp3) is 0. The lowest BCUT2D eigenvalue weighted by Gasteiger charge is -1.97. The van der Waals surface area contributed by atoms with Crippen LogP contribution in [-0.4, -0.2) is 15.2 Å². The van der Waals surface area contributed by atoms with Crippen LogP contribution in [0.2, 0.25) is 5.15 Å². The zero-order valence-corrected chi connectivity index (χ0v) is 7.71. The Balaban J connectivity index is 2.64. The highest BCUT2D eigenvalue weighted by Gasteiger charge is 2.11. The highest BCUT2D eigenvalue weighted by molar-refractivity contribution is 6.32. The van der Waals surface area contributed by atoms with Crippen molar-refractivity contribution in [1.82, 2.24) is 15.2 Å². The van der Waals surface area contributed by atoms with Crippen LogP contribution in [-0.2, 0) is 0 Å². The smallest absolute Gasteiger partial charge is 0.160 e. The van der Waals surface area contributed by atoms with Crippen molar-refractivity contribution < 1.29 is 0 Å². The average Bonchev–Trinajstić information content (AvgIpc) is 2.64. The lowest BCUT2D eigenvalue weighted by molar-refractivity contribution is 1.08. The van der Waals surface area contributed by atoms with Gasteiger partial charge in [-0.1, -0.05) is 11.6 Å². The minimum Gasteiger partial charge on any atom is -0.274 e. The monoisotopic (exact) mass is 203 g/mol. The summed E-state index contributed by atoms with van der Waals surface area (Å²) in [6.45, 7) is 0. The molecule has 5 heteroatoms. The van der Waals surface area contributed by atoms with Crippen molar-refractivity contribution in [3.8, 4) is 17.3 Å². The van der Waals surface area contributed by atoms with E-state index in [4.69, 9.17) is 16.9 Å². The number of aromatic amines is 1. The van der Waals surface area contributed by atoms with Gasteiger partial charge in [-0.3, -0.25) is 10.1 Å². The minimum atomic E-state index is 0.264. The Labute approximate surface area is 85.2 Å². The summed E-state index contributed by atoms with van der Waals surface area (Å²) in [5, 5.41) is 15.3. The number of nitrogens with one attached hydrogen (secondary N) is 1. The van der Waals surface area contributed by atoms with Gasteiger partial charge in [-0.2, -0.15) is 10.4 Å². The zero-order valence-electron chi connectivity index (χ0n) is 6.95. The van der Waals surface area contributed by atoms with Crippen LogP contribution in [0.25, 0.3) is 11.3 Å².